The maximum Gasteiger partial charge on any atom is 0.255 e. The predicted molar refractivity (Wildman–Crippen MR) is 84.4 cm³/mol. The molecular formula is C17H25N3O2. The monoisotopic (exact) mass is 303 g/mol. The minimum absolute atomic E-state index is 0.0625. The highest BCUT2D eigenvalue weighted by Gasteiger charge is 2.43. The van der Waals surface area contributed by atoms with Crippen molar-refractivity contribution in [1.82, 2.24) is 14.8 Å². The van der Waals surface area contributed by atoms with Gasteiger partial charge in [-0.2, -0.15) is 0 Å². The number of hydrogen-bond acceptors (Lipinski definition) is 4. The van der Waals surface area contributed by atoms with E-state index in [0.717, 1.165) is 57.6 Å². The smallest absolute Gasteiger partial charge is 0.255 e. The van der Waals surface area contributed by atoms with E-state index in [2.05, 4.69) is 9.88 Å². The second-order valence-corrected chi connectivity index (χ2v) is 6.48. The van der Waals surface area contributed by atoms with Gasteiger partial charge in [0, 0.05) is 44.5 Å². The molecule has 1 aromatic heterocycles. The summed E-state index contributed by atoms with van der Waals surface area (Å²) in [6, 6.07) is 5.93. The van der Waals surface area contributed by atoms with Gasteiger partial charge in [0.2, 0.25) is 0 Å². The molecule has 1 unspecified atom stereocenters. The average molecular weight is 303 g/mol. The van der Waals surface area contributed by atoms with Crippen LogP contribution >= 0.6 is 0 Å². The Balaban J connectivity index is 1.57. The van der Waals surface area contributed by atoms with E-state index in [4.69, 9.17) is 0 Å². The average Bonchev–Trinajstić information content (AvgIpc) is 3.08. The molecule has 3 rings (SSSR count). The van der Waals surface area contributed by atoms with E-state index in [-0.39, 0.29) is 5.91 Å². The molecule has 1 aromatic rings. The second-order valence-electron chi connectivity index (χ2n) is 6.48. The van der Waals surface area contributed by atoms with Crippen molar-refractivity contribution < 1.29 is 9.90 Å². The number of pyridine rings is 1. The van der Waals surface area contributed by atoms with Gasteiger partial charge in [0.05, 0.1) is 0 Å². The fourth-order valence-electron chi connectivity index (χ4n) is 3.52. The summed E-state index contributed by atoms with van der Waals surface area (Å²) >= 11 is 0. The van der Waals surface area contributed by atoms with Crippen LogP contribution in [0.5, 0.6) is 0 Å². The first-order valence-electron chi connectivity index (χ1n) is 8.31. The molecule has 0 radical (unpaired) electrons. The van der Waals surface area contributed by atoms with Gasteiger partial charge < -0.3 is 10.0 Å². The summed E-state index contributed by atoms with van der Waals surface area (Å²) in [5.74, 6) is -0.0625. The van der Waals surface area contributed by atoms with Crippen LogP contribution < -0.4 is 0 Å². The highest BCUT2D eigenvalue weighted by atomic mass is 16.3. The summed E-state index contributed by atoms with van der Waals surface area (Å²) in [6.45, 7) is 3.84. The van der Waals surface area contributed by atoms with Crippen LogP contribution in [0.4, 0.5) is 0 Å². The number of carbonyl (C=O) groups excluding carboxylic acids is 1. The van der Waals surface area contributed by atoms with Crippen LogP contribution in [-0.2, 0) is 11.2 Å². The van der Waals surface area contributed by atoms with Crippen molar-refractivity contribution in [3.8, 4) is 0 Å². The lowest BCUT2D eigenvalue weighted by Crippen LogP contribution is -2.57. The van der Waals surface area contributed by atoms with Gasteiger partial charge in [-0.15, -0.1) is 0 Å². The summed E-state index contributed by atoms with van der Waals surface area (Å²) < 4.78 is 0. The Labute approximate surface area is 131 Å². The molecule has 5 heteroatoms. The van der Waals surface area contributed by atoms with Gasteiger partial charge in [-0.3, -0.25) is 14.7 Å². The van der Waals surface area contributed by atoms with Gasteiger partial charge in [0.15, 0.2) is 5.60 Å². The fourth-order valence-corrected chi connectivity index (χ4v) is 3.52. The molecule has 2 aliphatic heterocycles. The fraction of sp³-hybridized carbons (Fsp3) is 0.647. The van der Waals surface area contributed by atoms with E-state index in [0.29, 0.717) is 13.0 Å². The number of amides is 1. The van der Waals surface area contributed by atoms with Gasteiger partial charge >= 0.3 is 0 Å². The summed E-state index contributed by atoms with van der Waals surface area (Å²) in [4.78, 5) is 20.9. The third kappa shape index (κ3) is 3.47. The molecule has 0 aliphatic carbocycles. The Morgan fingerprint density at radius 2 is 2.05 bits per heavy atom. The van der Waals surface area contributed by atoms with Crippen LogP contribution in [-0.4, -0.2) is 64.1 Å². The highest BCUT2D eigenvalue weighted by molar-refractivity contribution is 5.85. The zero-order valence-corrected chi connectivity index (χ0v) is 13.1. The summed E-state index contributed by atoms with van der Waals surface area (Å²) in [5, 5.41) is 10.8. The van der Waals surface area contributed by atoms with Crippen LogP contribution in [0, 0.1) is 0 Å². The van der Waals surface area contributed by atoms with Crippen molar-refractivity contribution in [2.75, 3.05) is 32.7 Å². The highest BCUT2D eigenvalue weighted by Crippen LogP contribution is 2.25. The normalized spacial score (nSPS) is 26.3. The Morgan fingerprint density at radius 3 is 2.77 bits per heavy atom. The van der Waals surface area contributed by atoms with E-state index >= 15 is 0 Å². The Hall–Kier alpha value is -1.46. The van der Waals surface area contributed by atoms with E-state index < -0.39 is 5.60 Å². The number of rotatable bonds is 4. The Morgan fingerprint density at radius 1 is 1.23 bits per heavy atom. The van der Waals surface area contributed by atoms with Gasteiger partial charge in [0.1, 0.15) is 0 Å². The van der Waals surface area contributed by atoms with Gasteiger partial charge in [-0.1, -0.05) is 6.07 Å². The van der Waals surface area contributed by atoms with Crippen molar-refractivity contribution in [3.05, 3.63) is 30.1 Å². The van der Waals surface area contributed by atoms with Crippen LogP contribution in [0.2, 0.25) is 0 Å². The zero-order chi connectivity index (χ0) is 15.4. The first-order chi connectivity index (χ1) is 10.7. The summed E-state index contributed by atoms with van der Waals surface area (Å²) in [6.07, 6.45) is 6.24. The molecule has 0 aromatic carbocycles. The van der Waals surface area contributed by atoms with E-state index in [9.17, 15) is 9.90 Å². The molecule has 0 saturated carbocycles. The van der Waals surface area contributed by atoms with Gasteiger partial charge in [0.25, 0.3) is 5.91 Å². The topological polar surface area (TPSA) is 56.7 Å². The third-order valence-corrected chi connectivity index (χ3v) is 4.75. The molecule has 2 saturated heterocycles. The van der Waals surface area contributed by atoms with Crippen molar-refractivity contribution in [3.63, 3.8) is 0 Å². The quantitative estimate of drug-likeness (QED) is 0.904. The molecule has 1 atom stereocenters. The molecule has 2 fully saturated rings. The zero-order valence-electron chi connectivity index (χ0n) is 13.1. The number of aromatic nitrogens is 1. The van der Waals surface area contributed by atoms with Crippen LogP contribution in [0.3, 0.4) is 0 Å². The number of likely N-dealkylation sites (tertiary alicyclic amines) is 2. The minimum Gasteiger partial charge on any atom is -0.379 e. The molecule has 1 N–H and O–H groups in total. The molecule has 1 amide bonds. The second kappa shape index (κ2) is 6.75. The van der Waals surface area contributed by atoms with Crippen LogP contribution in [0.25, 0.3) is 0 Å². The minimum atomic E-state index is -1.19. The number of β-amino-alcohol motifs (C(OH)–C–C–N with tert-alkyl or cyclic N) is 1. The Bertz CT molecular complexity index is 502. The number of carbonyl (C=O) groups is 1. The molecule has 22 heavy (non-hydrogen) atoms. The number of piperidine rings is 1. The lowest BCUT2D eigenvalue weighted by Gasteiger charge is -2.39. The lowest BCUT2D eigenvalue weighted by molar-refractivity contribution is -0.156. The number of aliphatic hydroxyl groups is 1. The van der Waals surface area contributed by atoms with E-state index in [1.54, 1.807) is 6.20 Å². The molecule has 2 aliphatic rings. The van der Waals surface area contributed by atoms with Crippen molar-refractivity contribution in [1.29, 1.82) is 0 Å². The summed E-state index contributed by atoms with van der Waals surface area (Å²) in [7, 11) is 0. The van der Waals surface area contributed by atoms with Gasteiger partial charge in [-0.05, 0) is 44.4 Å². The Kier molecular flexibility index (Phi) is 4.74. The molecule has 0 bridgehead atoms. The third-order valence-electron chi connectivity index (χ3n) is 4.75. The van der Waals surface area contributed by atoms with Gasteiger partial charge in [-0.25, -0.2) is 0 Å². The molecule has 0 spiro atoms. The molecule has 3 heterocycles. The molecule has 120 valence electrons. The SMILES string of the molecule is O=C(N1CCCC1)C1(O)CCCN(CCc2ccccn2)C1. The standard InChI is InChI=1S/C17H25N3O2/c21-16(20-11-3-4-12-20)17(22)8-5-10-19(14-17)13-7-15-6-1-2-9-18-15/h1-2,6,9,22H,3-5,7-8,10-14H2. The number of nitrogens with zero attached hydrogens (tertiary/aromatic N) is 3. The summed E-state index contributed by atoms with van der Waals surface area (Å²) in [5.41, 5.74) is -0.130. The van der Waals surface area contributed by atoms with Crippen LogP contribution in [0.1, 0.15) is 31.4 Å². The maximum absolute atomic E-state index is 12.6. The van der Waals surface area contributed by atoms with Crippen molar-refractivity contribution in [2.45, 2.75) is 37.7 Å². The van der Waals surface area contributed by atoms with Crippen molar-refractivity contribution >= 4 is 5.91 Å². The van der Waals surface area contributed by atoms with Crippen LogP contribution in [0.15, 0.2) is 24.4 Å². The predicted octanol–water partition coefficient (Wildman–Crippen LogP) is 1.07. The van der Waals surface area contributed by atoms with Crippen molar-refractivity contribution in [2.24, 2.45) is 0 Å². The largest absolute Gasteiger partial charge is 0.379 e. The first-order valence-corrected chi connectivity index (χ1v) is 8.31. The van der Waals surface area contributed by atoms with E-state index in [1.165, 1.54) is 0 Å². The van der Waals surface area contributed by atoms with E-state index in [1.807, 2.05) is 23.1 Å². The molecular weight excluding hydrogens is 278 g/mol. The first kappa shape index (κ1) is 15.4. The number of hydrogen-bond donors (Lipinski definition) is 1. The molecule has 5 nitrogen and oxygen atoms in total. The lowest BCUT2D eigenvalue weighted by atomic mass is 9.91. The maximum atomic E-state index is 12.6.